The molecule has 1 aliphatic rings. The van der Waals surface area contributed by atoms with E-state index in [9.17, 15) is 4.79 Å². The van der Waals surface area contributed by atoms with Crippen molar-refractivity contribution in [2.24, 2.45) is 0 Å². The molecule has 2 aromatic carbocycles. The minimum atomic E-state index is -0.555. The van der Waals surface area contributed by atoms with Gasteiger partial charge in [0.2, 0.25) is 0 Å². The van der Waals surface area contributed by atoms with Crippen molar-refractivity contribution in [3.63, 3.8) is 0 Å². The fourth-order valence-corrected chi connectivity index (χ4v) is 3.03. The lowest BCUT2D eigenvalue weighted by molar-refractivity contribution is -0.125. The van der Waals surface area contributed by atoms with E-state index in [1.807, 2.05) is 48.5 Å². The van der Waals surface area contributed by atoms with E-state index >= 15 is 0 Å². The van der Waals surface area contributed by atoms with Crippen molar-refractivity contribution < 1.29 is 4.79 Å². The average molecular weight is 265 g/mol. The van der Waals surface area contributed by atoms with Crippen LogP contribution >= 0.6 is 0 Å². The second-order valence-electron chi connectivity index (χ2n) is 5.39. The predicted octanol–water partition coefficient (Wildman–Crippen LogP) is 4.14. The molecule has 1 aliphatic carbocycles. The number of Topliss-reactive ketones (excluding diaryl/α,β-unsaturated/α-hetero) is 1. The zero-order valence-corrected chi connectivity index (χ0v) is 11.5. The van der Waals surface area contributed by atoms with Gasteiger partial charge >= 0.3 is 0 Å². The Morgan fingerprint density at radius 2 is 1.50 bits per heavy atom. The molecule has 0 aromatic heterocycles. The second kappa shape index (κ2) is 5.49. The number of para-hydroxylation sites is 1. The van der Waals surface area contributed by atoms with Gasteiger partial charge in [-0.2, -0.15) is 0 Å². The Bertz CT molecular complexity index is 579. The number of hydrogen-bond acceptors (Lipinski definition) is 2. The number of nitrogens with one attached hydrogen (secondary N) is 1. The van der Waals surface area contributed by atoms with Crippen LogP contribution in [0, 0.1) is 0 Å². The first kappa shape index (κ1) is 12.9. The summed E-state index contributed by atoms with van der Waals surface area (Å²) in [5, 5.41) is 3.51. The third-order valence-corrected chi connectivity index (χ3v) is 4.08. The number of carbonyl (C=O) groups excluding carboxylic acids is 1. The molecule has 0 amide bonds. The molecule has 1 atom stereocenters. The van der Waals surface area contributed by atoms with Gasteiger partial charge in [-0.1, -0.05) is 48.5 Å². The van der Waals surface area contributed by atoms with Crippen LogP contribution in [0.25, 0.3) is 0 Å². The molecule has 1 N–H and O–H groups in total. The summed E-state index contributed by atoms with van der Waals surface area (Å²) in [6.07, 6.45) is 3.61. The third kappa shape index (κ3) is 2.34. The predicted molar refractivity (Wildman–Crippen MR) is 81.7 cm³/mol. The van der Waals surface area contributed by atoms with Crippen molar-refractivity contribution in [3.8, 4) is 0 Å². The van der Waals surface area contributed by atoms with E-state index in [-0.39, 0.29) is 0 Å². The van der Waals surface area contributed by atoms with Crippen molar-refractivity contribution in [3.05, 3.63) is 66.2 Å². The standard InChI is InChI=1S/C18H19NO/c20-17-13-7-8-14-18(17,15-9-3-1-4-10-15)19-16-11-5-2-6-12-16/h1-6,9-12,19H,7-8,13-14H2. The molecule has 0 radical (unpaired) electrons. The third-order valence-electron chi connectivity index (χ3n) is 4.08. The van der Waals surface area contributed by atoms with Crippen molar-refractivity contribution >= 4 is 11.5 Å². The van der Waals surface area contributed by atoms with E-state index in [4.69, 9.17) is 0 Å². The quantitative estimate of drug-likeness (QED) is 0.903. The van der Waals surface area contributed by atoms with Gasteiger partial charge in [-0.15, -0.1) is 0 Å². The summed E-state index contributed by atoms with van der Waals surface area (Å²) in [7, 11) is 0. The Balaban J connectivity index is 2.02. The Labute approximate surface area is 119 Å². The Hall–Kier alpha value is -2.09. The molecule has 2 heteroatoms. The minimum Gasteiger partial charge on any atom is -0.369 e. The van der Waals surface area contributed by atoms with Gasteiger partial charge in [0.25, 0.3) is 0 Å². The monoisotopic (exact) mass is 265 g/mol. The highest BCUT2D eigenvalue weighted by Crippen LogP contribution is 2.37. The van der Waals surface area contributed by atoms with Crippen LogP contribution in [-0.4, -0.2) is 5.78 Å². The van der Waals surface area contributed by atoms with E-state index in [0.717, 1.165) is 30.5 Å². The molecule has 2 nitrogen and oxygen atoms in total. The molecular formula is C18H19NO. The molecule has 1 fully saturated rings. The lowest BCUT2D eigenvalue weighted by Gasteiger charge is -2.38. The molecular weight excluding hydrogens is 246 g/mol. The van der Waals surface area contributed by atoms with Gasteiger partial charge < -0.3 is 5.32 Å². The number of anilines is 1. The van der Waals surface area contributed by atoms with Gasteiger partial charge in [0.1, 0.15) is 5.54 Å². The van der Waals surface area contributed by atoms with E-state index < -0.39 is 5.54 Å². The van der Waals surface area contributed by atoms with E-state index in [1.165, 1.54) is 0 Å². The minimum absolute atomic E-state index is 0.304. The van der Waals surface area contributed by atoms with Crippen LogP contribution in [0.3, 0.4) is 0 Å². The van der Waals surface area contributed by atoms with Gasteiger partial charge in [0, 0.05) is 12.1 Å². The molecule has 1 saturated carbocycles. The van der Waals surface area contributed by atoms with Crippen LogP contribution in [0.2, 0.25) is 0 Å². The molecule has 102 valence electrons. The van der Waals surface area contributed by atoms with E-state index in [0.29, 0.717) is 12.2 Å². The van der Waals surface area contributed by atoms with Crippen molar-refractivity contribution in [2.75, 3.05) is 5.32 Å². The molecule has 0 heterocycles. The molecule has 0 spiro atoms. The van der Waals surface area contributed by atoms with Crippen LogP contribution in [0.1, 0.15) is 31.2 Å². The molecule has 0 bridgehead atoms. The molecule has 2 aromatic rings. The van der Waals surface area contributed by atoms with Crippen LogP contribution in [0.5, 0.6) is 0 Å². The lowest BCUT2D eigenvalue weighted by Crippen LogP contribution is -2.45. The Kier molecular flexibility index (Phi) is 3.55. The van der Waals surface area contributed by atoms with Crippen molar-refractivity contribution in [1.29, 1.82) is 0 Å². The van der Waals surface area contributed by atoms with Crippen LogP contribution in [0.4, 0.5) is 5.69 Å². The largest absolute Gasteiger partial charge is 0.369 e. The summed E-state index contributed by atoms with van der Waals surface area (Å²) in [6.45, 7) is 0. The maximum atomic E-state index is 12.7. The number of ketones is 1. The highest BCUT2D eigenvalue weighted by molar-refractivity contribution is 5.93. The second-order valence-corrected chi connectivity index (χ2v) is 5.39. The Morgan fingerprint density at radius 3 is 2.15 bits per heavy atom. The maximum absolute atomic E-state index is 12.7. The summed E-state index contributed by atoms with van der Waals surface area (Å²) in [5.74, 6) is 0.304. The number of rotatable bonds is 3. The highest BCUT2D eigenvalue weighted by atomic mass is 16.1. The van der Waals surface area contributed by atoms with Crippen LogP contribution < -0.4 is 5.32 Å². The smallest absolute Gasteiger partial charge is 0.162 e. The van der Waals surface area contributed by atoms with Gasteiger partial charge in [-0.25, -0.2) is 0 Å². The first-order valence-electron chi connectivity index (χ1n) is 7.23. The first-order chi connectivity index (χ1) is 9.81. The van der Waals surface area contributed by atoms with Crippen molar-refractivity contribution in [1.82, 2.24) is 0 Å². The van der Waals surface area contributed by atoms with Crippen LogP contribution in [-0.2, 0) is 10.3 Å². The zero-order valence-electron chi connectivity index (χ0n) is 11.5. The fourth-order valence-electron chi connectivity index (χ4n) is 3.03. The average Bonchev–Trinajstić information content (AvgIpc) is 2.52. The molecule has 0 saturated heterocycles. The number of carbonyl (C=O) groups is 1. The highest BCUT2D eigenvalue weighted by Gasteiger charge is 2.41. The van der Waals surface area contributed by atoms with Crippen molar-refractivity contribution in [2.45, 2.75) is 31.2 Å². The van der Waals surface area contributed by atoms with Gasteiger partial charge in [-0.3, -0.25) is 4.79 Å². The summed E-state index contributed by atoms with van der Waals surface area (Å²) < 4.78 is 0. The topological polar surface area (TPSA) is 29.1 Å². The molecule has 20 heavy (non-hydrogen) atoms. The van der Waals surface area contributed by atoms with Crippen LogP contribution in [0.15, 0.2) is 60.7 Å². The van der Waals surface area contributed by atoms with Gasteiger partial charge in [0.05, 0.1) is 0 Å². The fraction of sp³-hybridized carbons (Fsp3) is 0.278. The SMILES string of the molecule is O=C1CCCCC1(Nc1ccccc1)c1ccccc1. The molecule has 1 unspecified atom stereocenters. The molecule has 3 rings (SSSR count). The summed E-state index contributed by atoms with van der Waals surface area (Å²) in [6, 6.07) is 20.1. The summed E-state index contributed by atoms with van der Waals surface area (Å²) >= 11 is 0. The normalized spacial score (nSPS) is 22.5. The van der Waals surface area contributed by atoms with Gasteiger partial charge in [-0.05, 0) is 37.0 Å². The lowest BCUT2D eigenvalue weighted by atomic mass is 9.75. The van der Waals surface area contributed by atoms with E-state index in [2.05, 4.69) is 17.4 Å². The first-order valence-corrected chi connectivity index (χ1v) is 7.23. The molecule has 0 aliphatic heterocycles. The zero-order chi connectivity index (χ0) is 13.8. The summed E-state index contributed by atoms with van der Waals surface area (Å²) in [5.41, 5.74) is 1.53. The maximum Gasteiger partial charge on any atom is 0.162 e. The van der Waals surface area contributed by atoms with Gasteiger partial charge in [0.15, 0.2) is 5.78 Å². The number of hydrogen-bond donors (Lipinski definition) is 1. The number of benzene rings is 2. The Morgan fingerprint density at radius 1 is 0.850 bits per heavy atom. The summed E-state index contributed by atoms with van der Waals surface area (Å²) in [4.78, 5) is 12.7. The van der Waals surface area contributed by atoms with E-state index in [1.54, 1.807) is 0 Å².